The van der Waals surface area contributed by atoms with Crippen molar-refractivity contribution in [3.63, 3.8) is 0 Å². The Kier molecular flexibility index (Phi) is 3.59. The van der Waals surface area contributed by atoms with E-state index < -0.39 is 0 Å². The van der Waals surface area contributed by atoms with Gasteiger partial charge >= 0.3 is 0 Å². The lowest BCUT2D eigenvalue weighted by atomic mass is 9.84. The Bertz CT molecular complexity index is 419. The van der Waals surface area contributed by atoms with Crippen molar-refractivity contribution in [1.29, 1.82) is 0 Å². The number of nitrogens with zero attached hydrogens (tertiary/aromatic N) is 3. The van der Waals surface area contributed by atoms with Gasteiger partial charge < -0.3 is 15.0 Å². The maximum Gasteiger partial charge on any atom is 0.204 e. The van der Waals surface area contributed by atoms with Gasteiger partial charge in [0.05, 0.1) is 7.11 Å². The van der Waals surface area contributed by atoms with E-state index in [4.69, 9.17) is 4.74 Å². The SMILES string of the molecule is CNc1ncnc(N2CCCC(C)(C)C2)c1OC. The van der Waals surface area contributed by atoms with Crippen molar-refractivity contribution in [2.24, 2.45) is 5.41 Å². The second-order valence-corrected chi connectivity index (χ2v) is 5.52. The van der Waals surface area contributed by atoms with Gasteiger partial charge in [-0.05, 0) is 18.3 Å². The highest BCUT2D eigenvalue weighted by Gasteiger charge is 2.29. The molecular weight excluding hydrogens is 228 g/mol. The Hall–Kier alpha value is -1.52. The molecule has 5 nitrogen and oxygen atoms in total. The molecule has 1 N–H and O–H groups in total. The minimum absolute atomic E-state index is 0.327. The fourth-order valence-electron chi connectivity index (χ4n) is 2.56. The molecule has 0 radical (unpaired) electrons. The molecule has 1 aliphatic heterocycles. The summed E-state index contributed by atoms with van der Waals surface area (Å²) >= 11 is 0. The Balaban J connectivity index is 2.32. The monoisotopic (exact) mass is 250 g/mol. The molecule has 0 spiro atoms. The highest BCUT2D eigenvalue weighted by Crippen LogP contribution is 2.37. The van der Waals surface area contributed by atoms with E-state index in [-0.39, 0.29) is 0 Å². The zero-order chi connectivity index (χ0) is 13.2. The third kappa shape index (κ3) is 2.49. The zero-order valence-corrected chi connectivity index (χ0v) is 11.7. The first-order valence-electron chi connectivity index (χ1n) is 6.39. The number of nitrogens with one attached hydrogen (secondary N) is 1. The third-order valence-corrected chi connectivity index (χ3v) is 3.43. The summed E-state index contributed by atoms with van der Waals surface area (Å²) in [4.78, 5) is 10.9. The van der Waals surface area contributed by atoms with E-state index in [9.17, 15) is 0 Å². The molecule has 1 aromatic rings. The molecule has 0 aromatic carbocycles. The van der Waals surface area contributed by atoms with Crippen LogP contribution in [0.3, 0.4) is 0 Å². The van der Waals surface area contributed by atoms with Gasteiger partial charge in [-0.3, -0.25) is 0 Å². The highest BCUT2D eigenvalue weighted by atomic mass is 16.5. The van der Waals surface area contributed by atoms with Crippen molar-refractivity contribution in [2.75, 3.05) is 37.5 Å². The molecule has 2 rings (SSSR count). The van der Waals surface area contributed by atoms with Crippen LogP contribution in [0, 0.1) is 5.41 Å². The van der Waals surface area contributed by atoms with Crippen molar-refractivity contribution in [1.82, 2.24) is 9.97 Å². The summed E-state index contributed by atoms with van der Waals surface area (Å²) in [6.45, 7) is 6.63. The van der Waals surface area contributed by atoms with Gasteiger partial charge in [0.25, 0.3) is 0 Å². The summed E-state index contributed by atoms with van der Waals surface area (Å²) in [6, 6.07) is 0. The number of piperidine rings is 1. The van der Waals surface area contributed by atoms with Gasteiger partial charge in [0.15, 0.2) is 11.6 Å². The van der Waals surface area contributed by atoms with E-state index in [2.05, 4.69) is 34.0 Å². The molecule has 100 valence electrons. The number of ether oxygens (including phenoxy) is 1. The Morgan fingerprint density at radius 2 is 2.17 bits per heavy atom. The maximum atomic E-state index is 5.46. The molecule has 1 aromatic heterocycles. The van der Waals surface area contributed by atoms with Crippen LogP contribution in [0.25, 0.3) is 0 Å². The Morgan fingerprint density at radius 1 is 1.39 bits per heavy atom. The standard InChI is InChI=1S/C13H22N4O/c1-13(2)6-5-7-17(8-13)12-10(18-4)11(14-3)15-9-16-12/h9H,5-8H2,1-4H3,(H,14,15,16). The van der Waals surface area contributed by atoms with Crippen molar-refractivity contribution in [3.05, 3.63) is 6.33 Å². The molecule has 5 heteroatoms. The molecule has 1 aliphatic rings. The minimum Gasteiger partial charge on any atom is -0.490 e. The molecule has 0 amide bonds. The van der Waals surface area contributed by atoms with Gasteiger partial charge in [0, 0.05) is 20.1 Å². The van der Waals surface area contributed by atoms with Crippen LogP contribution in [-0.2, 0) is 0 Å². The summed E-state index contributed by atoms with van der Waals surface area (Å²) in [7, 11) is 3.51. The average Bonchev–Trinajstić information content (AvgIpc) is 2.36. The molecular formula is C13H22N4O. The van der Waals surface area contributed by atoms with Crippen molar-refractivity contribution in [3.8, 4) is 5.75 Å². The highest BCUT2D eigenvalue weighted by molar-refractivity contribution is 5.64. The van der Waals surface area contributed by atoms with Gasteiger partial charge in [-0.15, -0.1) is 0 Å². The number of rotatable bonds is 3. The largest absolute Gasteiger partial charge is 0.490 e. The second-order valence-electron chi connectivity index (χ2n) is 5.52. The van der Waals surface area contributed by atoms with Crippen molar-refractivity contribution in [2.45, 2.75) is 26.7 Å². The first-order valence-corrected chi connectivity index (χ1v) is 6.39. The van der Waals surface area contributed by atoms with E-state index in [1.54, 1.807) is 13.4 Å². The van der Waals surface area contributed by atoms with Crippen LogP contribution in [-0.4, -0.2) is 37.2 Å². The summed E-state index contributed by atoms with van der Waals surface area (Å²) in [5.74, 6) is 2.37. The van der Waals surface area contributed by atoms with Crippen LogP contribution in [0.15, 0.2) is 6.33 Å². The molecule has 0 atom stereocenters. The van der Waals surface area contributed by atoms with Gasteiger partial charge in [-0.2, -0.15) is 0 Å². The predicted molar refractivity (Wildman–Crippen MR) is 73.4 cm³/mol. The summed E-state index contributed by atoms with van der Waals surface area (Å²) in [5.41, 5.74) is 0.327. The number of methoxy groups -OCH3 is 1. The van der Waals surface area contributed by atoms with E-state index >= 15 is 0 Å². The van der Waals surface area contributed by atoms with Crippen LogP contribution in [0.4, 0.5) is 11.6 Å². The molecule has 1 saturated heterocycles. The lowest BCUT2D eigenvalue weighted by molar-refractivity contribution is 0.290. The van der Waals surface area contributed by atoms with Crippen LogP contribution in [0.1, 0.15) is 26.7 Å². The van der Waals surface area contributed by atoms with Gasteiger partial charge in [-0.25, -0.2) is 9.97 Å². The van der Waals surface area contributed by atoms with Crippen LogP contribution in [0.2, 0.25) is 0 Å². The Morgan fingerprint density at radius 3 is 2.78 bits per heavy atom. The van der Waals surface area contributed by atoms with Crippen LogP contribution < -0.4 is 15.0 Å². The predicted octanol–water partition coefficient (Wildman–Crippen LogP) is 2.15. The molecule has 0 aliphatic carbocycles. The lowest BCUT2D eigenvalue weighted by Gasteiger charge is -2.39. The van der Waals surface area contributed by atoms with E-state index in [0.717, 1.165) is 30.5 Å². The maximum absolute atomic E-state index is 5.46. The number of hydrogen-bond donors (Lipinski definition) is 1. The molecule has 1 fully saturated rings. The molecule has 0 unspecified atom stereocenters. The zero-order valence-electron chi connectivity index (χ0n) is 11.7. The Labute approximate surface area is 109 Å². The van der Waals surface area contributed by atoms with Gasteiger partial charge in [0.2, 0.25) is 5.75 Å². The van der Waals surface area contributed by atoms with Crippen LogP contribution in [0.5, 0.6) is 5.75 Å². The molecule has 0 bridgehead atoms. The van der Waals surface area contributed by atoms with Crippen molar-refractivity contribution < 1.29 is 4.74 Å². The fraction of sp³-hybridized carbons (Fsp3) is 0.692. The van der Waals surface area contributed by atoms with E-state index in [1.807, 2.05) is 7.05 Å². The number of anilines is 2. The first-order chi connectivity index (χ1) is 8.57. The number of hydrogen-bond acceptors (Lipinski definition) is 5. The number of aromatic nitrogens is 2. The third-order valence-electron chi connectivity index (χ3n) is 3.43. The minimum atomic E-state index is 0.327. The van der Waals surface area contributed by atoms with Crippen molar-refractivity contribution >= 4 is 11.6 Å². The summed E-state index contributed by atoms with van der Waals surface area (Å²) in [5, 5.41) is 3.04. The van der Waals surface area contributed by atoms with E-state index in [0.29, 0.717) is 5.41 Å². The summed E-state index contributed by atoms with van der Waals surface area (Å²) < 4.78 is 5.46. The molecule has 18 heavy (non-hydrogen) atoms. The van der Waals surface area contributed by atoms with Gasteiger partial charge in [0.1, 0.15) is 6.33 Å². The smallest absolute Gasteiger partial charge is 0.204 e. The molecule has 0 saturated carbocycles. The second kappa shape index (κ2) is 5.00. The first kappa shape index (κ1) is 12.9. The van der Waals surface area contributed by atoms with E-state index in [1.165, 1.54) is 12.8 Å². The lowest BCUT2D eigenvalue weighted by Crippen LogP contribution is -2.40. The van der Waals surface area contributed by atoms with Crippen LogP contribution >= 0.6 is 0 Å². The topological polar surface area (TPSA) is 50.3 Å². The quantitative estimate of drug-likeness (QED) is 0.890. The molecule has 2 heterocycles. The average molecular weight is 250 g/mol. The summed E-state index contributed by atoms with van der Waals surface area (Å²) in [6.07, 6.45) is 4.04. The van der Waals surface area contributed by atoms with Gasteiger partial charge in [-0.1, -0.05) is 13.8 Å². The fourth-order valence-corrected chi connectivity index (χ4v) is 2.56. The normalized spacial score (nSPS) is 18.6.